The number of H-pyrrole nitrogens is 1. The van der Waals surface area contributed by atoms with Gasteiger partial charge in [0, 0.05) is 28.2 Å². The number of carbonyl (C=O) groups is 2. The number of carbonyl (C=O) groups excluding carboxylic acids is 2. The van der Waals surface area contributed by atoms with Gasteiger partial charge in [-0.3, -0.25) is 9.59 Å². The number of aromatic nitrogens is 3. The predicted molar refractivity (Wildman–Crippen MR) is 163 cm³/mol. The molecule has 0 spiro atoms. The molecule has 1 aromatic carbocycles. The number of aromatic amines is 1. The van der Waals surface area contributed by atoms with Crippen LogP contribution in [0.25, 0.3) is 17.0 Å². The first-order valence-electron chi connectivity index (χ1n) is 12.3. The standard InChI is InChI=1S/C27H35N4O4S2.3ClH/c1-8-35-23(32)18(28)13-36-37-14-21-15(2)22(34-7)9-10-31(21)25-29-19-11-16-17(12-20(19)30-25)27(5,6)24(33)26(16,3)4;;;/h9-12,18H,8,13-14,28H2,1-7H3,(H,29,30);3*1H/q+1;;;/p-1/t18-;;;/m0.../s1. The van der Waals surface area contributed by atoms with Gasteiger partial charge in [-0.2, -0.15) is 0 Å². The number of halogens is 3. The zero-order valence-electron chi connectivity index (χ0n) is 23.6. The maximum atomic E-state index is 13.1. The third-order valence-electron chi connectivity index (χ3n) is 7.12. The zero-order chi connectivity index (χ0) is 27.1. The number of rotatable bonds is 9. The van der Waals surface area contributed by atoms with E-state index in [4.69, 9.17) is 20.2 Å². The average molecular weight is 652 g/mol. The van der Waals surface area contributed by atoms with Crippen molar-refractivity contribution in [1.29, 1.82) is 0 Å². The molecule has 0 unspecified atom stereocenters. The van der Waals surface area contributed by atoms with Crippen molar-refractivity contribution in [3.63, 3.8) is 0 Å². The molecule has 1 atom stereocenters. The van der Waals surface area contributed by atoms with Crippen molar-refractivity contribution in [3.8, 4) is 11.7 Å². The topological polar surface area (TPSA) is 111 Å². The van der Waals surface area contributed by atoms with E-state index in [0.717, 1.165) is 39.2 Å². The normalized spacial score (nSPS) is 15.3. The lowest BCUT2D eigenvalue weighted by atomic mass is 9.80. The first-order chi connectivity index (χ1) is 17.4. The van der Waals surface area contributed by atoms with E-state index in [2.05, 4.69) is 17.1 Å². The maximum absolute atomic E-state index is 13.1. The fourth-order valence-corrected chi connectivity index (χ4v) is 7.27. The number of methoxy groups -OCH3 is 1. The summed E-state index contributed by atoms with van der Waals surface area (Å²) < 4.78 is 12.6. The summed E-state index contributed by atoms with van der Waals surface area (Å²) in [7, 11) is 4.80. The van der Waals surface area contributed by atoms with Crippen LogP contribution >= 0.6 is 46.4 Å². The van der Waals surface area contributed by atoms with Gasteiger partial charge in [0.2, 0.25) is 0 Å². The quantitative estimate of drug-likeness (QED) is 0.156. The Kier molecular flexibility index (Phi) is 12.7. The van der Waals surface area contributed by atoms with Crippen molar-refractivity contribution in [2.45, 2.75) is 64.2 Å². The summed E-state index contributed by atoms with van der Waals surface area (Å²) in [6, 6.07) is 5.39. The monoisotopic (exact) mass is 650 g/mol. The maximum Gasteiger partial charge on any atom is 0.402 e. The van der Waals surface area contributed by atoms with Crippen molar-refractivity contribution < 1.29 is 36.0 Å². The Hall–Kier alpha value is -1.69. The number of Topliss-reactive ketones (excluding diaryl/α,β-unsaturated/α-hetero) is 1. The number of hydrogen-bond donors (Lipinski definition) is 2. The lowest BCUT2D eigenvalue weighted by molar-refractivity contribution is -0.610. The van der Waals surface area contributed by atoms with Gasteiger partial charge in [-0.05, 0) is 64.8 Å². The number of pyridine rings is 1. The van der Waals surface area contributed by atoms with Crippen molar-refractivity contribution in [3.05, 3.63) is 46.8 Å². The van der Waals surface area contributed by atoms with Crippen molar-refractivity contribution >= 4 is 69.2 Å². The Balaban J connectivity index is 0.00000267. The summed E-state index contributed by atoms with van der Waals surface area (Å²) >= 11 is 0. The first kappa shape index (κ1) is 36.3. The number of fused-ring (bicyclic) bond motifs is 2. The average Bonchev–Trinajstić information content (AvgIpc) is 3.33. The van der Waals surface area contributed by atoms with Crippen LogP contribution in [-0.4, -0.2) is 47.2 Å². The highest BCUT2D eigenvalue weighted by molar-refractivity contribution is 8.76. The molecule has 0 saturated heterocycles. The summed E-state index contributed by atoms with van der Waals surface area (Å²) in [6.07, 6.45) is 1.94. The molecule has 0 amide bonds. The molecule has 2 aromatic heterocycles. The second-order valence-electron chi connectivity index (χ2n) is 10.3. The highest BCUT2D eigenvalue weighted by Crippen LogP contribution is 2.47. The zero-order valence-corrected chi connectivity index (χ0v) is 27.6. The van der Waals surface area contributed by atoms with Crippen LogP contribution in [0.3, 0.4) is 0 Å². The van der Waals surface area contributed by atoms with Gasteiger partial charge in [-0.1, -0.05) is 26.6 Å². The molecule has 40 heavy (non-hydrogen) atoms. The molecule has 0 aliphatic heterocycles. The van der Waals surface area contributed by atoms with E-state index in [9.17, 15) is 9.59 Å². The Morgan fingerprint density at radius 3 is 2.38 bits per heavy atom. The SMILES string of the molecule is CCOC(=O)[C@@H](N)CSSCc1c(C)c(OC)cc[n+]1-c1nc2cc3c(cc2[nH]1)C(C)(C)C(=O)C3(C)C.Cl.Cl.[Cl-]. The van der Waals surface area contributed by atoms with E-state index in [0.29, 0.717) is 24.1 Å². The molecule has 13 heteroatoms. The van der Waals surface area contributed by atoms with E-state index < -0.39 is 16.9 Å². The van der Waals surface area contributed by atoms with Gasteiger partial charge in [0.1, 0.15) is 23.0 Å². The molecule has 0 bridgehead atoms. The van der Waals surface area contributed by atoms with E-state index >= 15 is 0 Å². The lowest BCUT2D eigenvalue weighted by Crippen LogP contribution is -3.00. The summed E-state index contributed by atoms with van der Waals surface area (Å²) in [5.41, 5.74) is 10.6. The van der Waals surface area contributed by atoms with Gasteiger partial charge in [0.15, 0.2) is 11.3 Å². The van der Waals surface area contributed by atoms with Crippen LogP contribution in [0.5, 0.6) is 5.75 Å². The fourth-order valence-electron chi connectivity index (χ4n) is 5.03. The molecule has 1 aliphatic carbocycles. The van der Waals surface area contributed by atoms with Crippen LogP contribution in [-0.2, 0) is 30.9 Å². The number of ether oxygens (including phenoxy) is 2. The van der Waals surface area contributed by atoms with E-state index in [1.807, 2.05) is 51.4 Å². The molecule has 0 fully saturated rings. The Morgan fingerprint density at radius 2 is 1.77 bits per heavy atom. The number of benzene rings is 1. The number of esters is 1. The molecule has 0 saturated carbocycles. The Labute approximate surface area is 261 Å². The van der Waals surface area contributed by atoms with Gasteiger partial charge in [-0.15, -0.1) is 24.8 Å². The predicted octanol–water partition coefficient (Wildman–Crippen LogP) is 1.91. The number of nitrogens with zero attached hydrogens (tertiary/aromatic N) is 2. The second kappa shape index (κ2) is 14.0. The van der Waals surface area contributed by atoms with Gasteiger partial charge in [0.05, 0.1) is 25.7 Å². The van der Waals surface area contributed by atoms with Crippen LogP contribution in [0.15, 0.2) is 24.4 Å². The van der Waals surface area contributed by atoms with E-state index in [1.54, 1.807) is 24.8 Å². The molecule has 3 aromatic rings. The number of hydrogen-bond acceptors (Lipinski definition) is 8. The van der Waals surface area contributed by atoms with Gasteiger partial charge in [-0.25, -0.2) is 9.55 Å². The largest absolute Gasteiger partial charge is 1.00 e. The third kappa shape index (κ3) is 6.52. The second-order valence-corrected chi connectivity index (χ2v) is 12.8. The van der Waals surface area contributed by atoms with Crippen LogP contribution in [0, 0.1) is 6.92 Å². The minimum atomic E-state index is -0.659. The van der Waals surface area contributed by atoms with Gasteiger partial charge < -0.3 is 27.6 Å². The summed E-state index contributed by atoms with van der Waals surface area (Å²) in [5, 5.41) is 0. The van der Waals surface area contributed by atoms with Crippen LogP contribution in [0.1, 0.15) is 57.0 Å². The van der Waals surface area contributed by atoms with Crippen LogP contribution in [0.4, 0.5) is 0 Å². The van der Waals surface area contributed by atoms with Crippen LogP contribution in [0.2, 0.25) is 0 Å². The molecule has 4 rings (SSSR count). The van der Waals surface area contributed by atoms with Crippen molar-refractivity contribution in [1.82, 2.24) is 9.97 Å². The highest BCUT2D eigenvalue weighted by atomic mass is 35.5. The highest BCUT2D eigenvalue weighted by Gasteiger charge is 2.50. The van der Waals surface area contributed by atoms with Crippen molar-refractivity contribution in [2.75, 3.05) is 19.5 Å². The number of imidazole rings is 1. The van der Waals surface area contributed by atoms with E-state index in [-0.39, 0.29) is 49.0 Å². The summed E-state index contributed by atoms with van der Waals surface area (Å²) in [4.78, 5) is 33.3. The lowest BCUT2D eigenvalue weighted by Gasteiger charge is -2.21. The first-order valence-corrected chi connectivity index (χ1v) is 14.8. The molecule has 2 heterocycles. The smallest absolute Gasteiger partial charge is 0.402 e. The Morgan fingerprint density at radius 1 is 1.15 bits per heavy atom. The van der Waals surface area contributed by atoms with Gasteiger partial charge >= 0.3 is 11.9 Å². The molecule has 3 N–H and O–H groups in total. The van der Waals surface area contributed by atoms with Crippen LogP contribution < -0.4 is 27.4 Å². The van der Waals surface area contributed by atoms with Gasteiger partial charge in [0.25, 0.3) is 0 Å². The molecular formula is C27H37Cl3N4O4S2. The Bertz CT molecular complexity index is 1330. The summed E-state index contributed by atoms with van der Waals surface area (Å²) in [6.45, 7) is 12.1. The fraction of sp³-hybridized carbons (Fsp3) is 0.481. The minimum Gasteiger partial charge on any atom is -1.00 e. The molecule has 8 nitrogen and oxygen atoms in total. The number of nitrogens with two attached hydrogens (primary N) is 1. The summed E-state index contributed by atoms with van der Waals surface area (Å²) in [5.74, 6) is 2.42. The van der Waals surface area contributed by atoms with E-state index in [1.165, 1.54) is 10.8 Å². The molecular weight excluding hydrogens is 615 g/mol. The molecule has 1 aliphatic rings. The minimum absolute atomic E-state index is 0. The molecule has 0 radical (unpaired) electrons. The molecule has 222 valence electrons. The number of ketones is 1. The third-order valence-corrected chi connectivity index (χ3v) is 9.44. The van der Waals surface area contributed by atoms with Crippen molar-refractivity contribution in [2.24, 2.45) is 5.73 Å². The number of nitrogens with one attached hydrogen (secondary N) is 1.